The molecule has 1 aliphatic rings. The minimum Gasteiger partial charge on any atom is -0.465 e. The molecule has 0 amide bonds. The van der Waals surface area contributed by atoms with E-state index in [-0.39, 0.29) is 34.1 Å². The lowest BCUT2D eigenvalue weighted by atomic mass is 10.00. The second kappa shape index (κ2) is 7.47. The molecule has 1 aromatic heterocycles. The minimum atomic E-state index is -4.88. The van der Waals surface area contributed by atoms with Gasteiger partial charge in [-0.1, -0.05) is 42.5 Å². The quantitative estimate of drug-likeness (QED) is 0.402. The maximum Gasteiger partial charge on any atom is 0.454 e. The van der Waals surface area contributed by atoms with Crippen LogP contribution in [0.25, 0.3) is 11.0 Å². The van der Waals surface area contributed by atoms with Crippen LogP contribution in [0.5, 0.6) is 0 Å². The number of esters is 1. The Morgan fingerprint density at radius 2 is 1.64 bits per heavy atom. The van der Waals surface area contributed by atoms with Crippen LogP contribution in [0.15, 0.2) is 83.9 Å². The van der Waals surface area contributed by atoms with E-state index in [0.29, 0.717) is 5.52 Å². The lowest BCUT2D eigenvalue weighted by Gasteiger charge is -2.40. The van der Waals surface area contributed by atoms with Gasteiger partial charge in [-0.2, -0.15) is 18.2 Å². The van der Waals surface area contributed by atoms with Gasteiger partial charge in [-0.3, -0.25) is 4.57 Å². The summed E-state index contributed by atoms with van der Waals surface area (Å²) in [5, 5.41) is 0. The van der Waals surface area contributed by atoms with E-state index in [1.807, 2.05) is 0 Å². The first-order chi connectivity index (χ1) is 15.8. The van der Waals surface area contributed by atoms with Gasteiger partial charge >= 0.3 is 17.9 Å². The highest BCUT2D eigenvalue weighted by Gasteiger charge is 2.63. The first-order valence-electron chi connectivity index (χ1n) is 9.92. The third-order valence-electron chi connectivity index (χ3n) is 5.41. The second-order valence-corrected chi connectivity index (χ2v) is 7.33. The van der Waals surface area contributed by atoms with Crippen LogP contribution in [-0.2, 0) is 15.2 Å². The molecule has 33 heavy (non-hydrogen) atoms. The van der Waals surface area contributed by atoms with E-state index in [1.165, 1.54) is 55.6 Å². The monoisotopic (exact) mass is 451 g/mol. The van der Waals surface area contributed by atoms with Gasteiger partial charge in [0.2, 0.25) is 11.8 Å². The van der Waals surface area contributed by atoms with Gasteiger partial charge in [0, 0.05) is 11.1 Å². The Kier molecular flexibility index (Phi) is 4.70. The number of ether oxygens (including phenoxy) is 2. The molecule has 166 valence electrons. The molecule has 9 heteroatoms. The third-order valence-corrected chi connectivity index (χ3v) is 5.41. The lowest BCUT2D eigenvalue weighted by molar-refractivity contribution is -0.271. The zero-order valence-electron chi connectivity index (χ0n) is 17.2. The van der Waals surface area contributed by atoms with E-state index in [0.717, 1.165) is 4.57 Å². The fourth-order valence-corrected chi connectivity index (χ4v) is 3.89. The molecule has 2 heterocycles. The van der Waals surface area contributed by atoms with Gasteiger partial charge in [-0.15, -0.1) is 0 Å². The molecule has 0 unspecified atom stereocenters. The molecule has 1 atom stereocenters. The highest BCUT2D eigenvalue weighted by atomic mass is 19.4. The Balaban J connectivity index is 1.78. The van der Waals surface area contributed by atoms with Crippen molar-refractivity contribution >= 4 is 28.8 Å². The number of alkyl halides is 3. The number of methoxy groups -OCH3 is 1. The second-order valence-electron chi connectivity index (χ2n) is 7.33. The number of benzene rings is 3. The van der Waals surface area contributed by atoms with Crippen molar-refractivity contribution in [3.63, 3.8) is 0 Å². The number of para-hydroxylation sites is 2. The van der Waals surface area contributed by atoms with Crippen LogP contribution in [0, 0.1) is 0 Å². The number of halogens is 3. The number of carbonyl (C=O) groups excluding carboxylic acids is 1. The topological polar surface area (TPSA) is 65.7 Å². The molecule has 1 aliphatic heterocycles. The average Bonchev–Trinajstić information content (AvgIpc) is 3.21. The molecule has 4 aromatic rings. The first-order valence-corrected chi connectivity index (χ1v) is 9.92. The summed E-state index contributed by atoms with van der Waals surface area (Å²) < 4.78 is 56.4. The summed E-state index contributed by atoms with van der Waals surface area (Å²) in [7, 11) is 1.24. The molecular weight excluding hydrogens is 435 g/mol. The lowest BCUT2D eigenvalue weighted by Crippen LogP contribution is -2.53. The summed E-state index contributed by atoms with van der Waals surface area (Å²) in [6.45, 7) is 0. The van der Waals surface area contributed by atoms with Crippen molar-refractivity contribution in [1.82, 2.24) is 9.55 Å². The van der Waals surface area contributed by atoms with Crippen LogP contribution < -0.4 is 0 Å². The van der Waals surface area contributed by atoms with Crippen molar-refractivity contribution < 1.29 is 27.4 Å². The largest absolute Gasteiger partial charge is 0.465 e. The van der Waals surface area contributed by atoms with Crippen molar-refractivity contribution in [1.29, 1.82) is 0 Å². The van der Waals surface area contributed by atoms with Gasteiger partial charge in [0.15, 0.2) is 0 Å². The fraction of sp³-hybridized carbons (Fsp3) is 0.125. The zero-order chi connectivity index (χ0) is 23.2. The highest BCUT2D eigenvalue weighted by molar-refractivity contribution is 5.98. The SMILES string of the molecule is COC(=O)c1ccc(C2=Nc3nc4ccccc4n3[C@@](c3ccccc3)(C(F)(F)F)O2)cc1. The van der Waals surface area contributed by atoms with Gasteiger partial charge in [0.1, 0.15) is 0 Å². The van der Waals surface area contributed by atoms with E-state index in [2.05, 4.69) is 14.7 Å². The molecule has 0 aliphatic carbocycles. The summed E-state index contributed by atoms with van der Waals surface area (Å²) in [5.41, 5.74) is -1.94. The summed E-state index contributed by atoms with van der Waals surface area (Å²) in [4.78, 5) is 20.4. The smallest absolute Gasteiger partial charge is 0.454 e. The van der Waals surface area contributed by atoms with Crippen molar-refractivity contribution in [3.8, 4) is 0 Å². The van der Waals surface area contributed by atoms with Crippen LogP contribution >= 0.6 is 0 Å². The Bertz CT molecular complexity index is 1380. The normalized spacial score (nSPS) is 17.8. The number of rotatable bonds is 3. The van der Waals surface area contributed by atoms with Crippen LogP contribution in [0.2, 0.25) is 0 Å². The molecule has 0 saturated heterocycles. The van der Waals surface area contributed by atoms with Gasteiger partial charge < -0.3 is 9.47 Å². The molecule has 6 nitrogen and oxygen atoms in total. The molecule has 0 fully saturated rings. The number of fused-ring (bicyclic) bond motifs is 3. The van der Waals surface area contributed by atoms with Gasteiger partial charge in [0.05, 0.1) is 23.7 Å². The minimum absolute atomic E-state index is 0.125. The van der Waals surface area contributed by atoms with E-state index in [4.69, 9.17) is 4.74 Å². The number of imidazole rings is 1. The highest BCUT2D eigenvalue weighted by Crippen LogP contribution is 2.49. The first kappa shape index (κ1) is 20.7. The molecule has 0 N–H and O–H groups in total. The molecular formula is C24H16F3N3O3. The number of nitrogens with zero attached hydrogens (tertiary/aromatic N) is 3. The molecule has 0 spiro atoms. The maximum atomic E-state index is 15.0. The van der Waals surface area contributed by atoms with E-state index < -0.39 is 17.9 Å². The number of hydrogen-bond donors (Lipinski definition) is 0. The van der Waals surface area contributed by atoms with Crippen molar-refractivity contribution in [3.05, 3.63) is 95.6 Å². The standard InChI is InChI=1S/C24H16F3N3O3/c1-32-21(31)16-13-11-15(12-14-16)20-29-22-28-18-9-5-6-10-19(18)30(22)23(33-20,24(25,26)27)17-7-3-2-4-8-17/h2-14H,1H3/t23-/m1/s1. The summed E-state index contributed by atoms with van der Waals surface area (Å²) >= 11 is 0. The van der Waals surface area contributed by atoms with Crippen molar-refractivity contribution in [2.24, 2.45) is 4.99 Å². The Morgan fingerprint density at radius 3 is 2.30 bits per heavy atom. The number of aromatic nitrogens is 2. The zero-order valence-corrected chi connectivity index (χ0v) is 17.2. The van der Waals surface area contributed by atoms with E-state index in [1.54, 1.807) is 30.3 Å². The van der Waals surface area contributed by atoms with E-state index >= 15 is 0 Å². The van der Waals surface area contributed by atoms with Gasteiger partial charge in [-0.05, 0) is 36.4 Å². The van der Waals surface area contributed by atoms with Crippen LogP contribution in [0.1, 0.15) is 21.5 Å². The summed E-state index contributed by atoms with van der Waals surface area (Å²) in [6, 6.07) is 19.6. The molecule has 5 rings (SSSR count). The predicted octanol–water partition coefficient (Wildman–Crippen LogP) is 5.19. The van der Waals surface area contributed by atoms with Gasteiger partial charge in [-0.25, -0.2) is 9.78 Å². The Labute approximate surface area is 185 Å². The van der Waals surface area contributed by atoms with Crippen LogP contribution in [-0.4, -0.2) is 34.7 Å². The Morgan fingerprint density at radius 1 is 0.970 bits per heavy atom. The molecule has 0 bridgehead atoms. The van der Waals surface area contributed by atoms with Gasteiger partial charge in [0.25, 0.3) is 0 Å². The summed E-state index contributed by atoms with van der Waals surface area (Å²) in [6.07, 6.45) is -4.88. The molecule has 3 aromatic carbocycles. The molecule has 0 radical (unpaired) electrons. The van der Waals surface area contributed by atoms with Crippen LogP contribution in [0.3, 0.4) is 0 Å². The fourth-order valence-electron chi connectivity index (χ4n) is 3.89. The third kappa shape index (κ3) is 3.15. The Hall–Kier alpha value is -4.14. The van der Waals surface area contributed by atoms with E-state index in [9.17, 15) is 18.0 Å². The number of carbonyl (C=O) groups is 1. The van der Waals surface area contributed by atoms with Crippen molar-refractivity contribution in [2.75, 3.05) is 7.11 Å². The van der Waals surface area contributed by atoms with Crippen molar-refractivity contribution in [2.45, 2.75) is 11.9 Å². The number of hydrogen-bond acceptors (Lipinski definition) is 5. The average molecular weight is 451 g/mol. The summed E-state index contributed by atoms with van der Waals surface area (Å²) in [5.74, 6) is -0.977. The predicted molar refractivity (Wildman–Crippen MR) is 114 cm³/mol. The van der Waals surface area contributed by atoms with Crippen LogP contribution in [0.4, 0.5) is 19.1 Å². The number of aliphatic imine (C=N–C) groups is 1. The molecule has 0 saturated carbocycles. The maximum absolute atomic E-state index is 15.0.